The van der Waals surface area contributed by atoms with Crippen molar-refractivity contribution in [1.82, 2.24) is 4.90 Å². The normalized spacial score (nSPS) is 29.6. The van der Waals surface area contributed by atoms with Crippen LogP contribution >= 0.6 is 0 Å². The third-order valence-electron chi connectivity index (χ3n) is 3.13. The first-order valence-corrected chi connectivity index (χ1v) is 5.67. The number of Topliss-reactive ketones (excluding diaryl/α,β-unsaturated/α-hetero) is 2. The fourth-order valence-electron chi connectivity index (χ4n) is 2.27. The lowest BCUT2D eigenvalue weighted by molar-refractivity contribution is -0.156. The van der Waals surface area contributed by atoms with Gasteiger partial charge in [-0.25, -0.2) is 0 Å². The predicted molar refractivity (Wildman–Crippen MR) is 61.3 cm³/mol. The molecule has 96 valence electrons. The number of carbonyl (C=O) groups excluding carboxylic acids is 3. The van der Waals surface area contributed by atoms with Gasteiger partial charge >= 0.3 is 5.97 Å². The highest BCUT2D eigenvalue weighted by molar-refractivity contribution is 6.12. The molecular weight excluding hydrogens is 222 g/mol. The van der Waals surface area contributed by atoms with Crippen molar-refractivity contribution in [2.24, 2.45) is 17.8 Å². The van der Waals surface area contributed by atoms with Crippen LogP contribution in [0.15, 0.2) is 0 Å². The summed E-state index contributed by atoms with van der Waals surface area (Å²) in [5, 5.41) is 0. The molecule has 1 saturated carbocycles. The first-order chi connectivity index (χ1) is 7.88. The van der Waals surface area contributed by atoms with E-state index in [9.17, 15) is 14.4 Å². The zero-order chi connectivity index (χ0) is 13.2. The molecule has 5 nitrogen and oxygen atoms in total. The summed E-state index contributed by atoms with van der Waals surface area (Å²) in [6.07, 6.45) is 0.268. The third kappa shape index (κ3) is 2.91. The summed E-state index contributed by atoms with van der Waals surface area (Å²) in [5.41, 5.74) is 0. The van der Waals surface area contributed by atoms with Crippen molar-refractivity contribution in [1.29, 1.82) is 0 Å². The minimum absolute atomic E-state index is 0.0728. The molecule has 0 bridgehead atoms. The highest BCUT2D eigenvalue weighted by Crippen LogP contribution is 2.29. The molecule has 1 aliphatic carbocycles. The van der Waals surface area contributed by atoms with Gasteiger partial charge in [0.05, 0.1) is 13.0 Å². The zero-order valence-corrected chi connectivity index (χ0v) is 10.7. The highest BCUT2D eigenvalue weighted by Gasteiger charge is 2.45. The van der Waals surface area contributed by atoms with E-state index in [0.29, 0.717) is 6.54 Å². The van der Waals surface area contributed by atoms with Crippen LogP contribution in [-0.4, -0.2) is 50.2 Å². The molecule has 5 heteroatoms. The molecule has 0 saturated heterocycles. The van der Waals surface area contributed by atoms with Gasteiger partial charge in [0.15, 0.2) is 5.78 Å². The number of rotatable bonds is 3. The maximum absolute atomic E-state index is 12.1. The second kappa shape index (κ2) is 5.40. The molecule has 0 N–H and O–H groups in total. The van der Waals surface area contributed by atoms with Crippen LogP contribution in [0, 0.1) is 17.8 Å². The average Bonchev–Trinajstić information content (AvgIpc) is 2.23. The number of hydrogen-bond acceptors (Lipinski definition) is 5. The van der Waals surface area contributed by atoms with E-state index in [4.69, 9.17) is 0 Å². The second-order valence-corrected chi connectivity index (χ2v) is 4.87. The van der Waals surface area contributed by atoms with Gasteiger partial charge in [-0.05, 0) is 20.0 Å². The van der Waals surface area contributed by atoms with Gasteiger partial charge in [0.25, 0.3) is 0 Å². The summed E-state index contributed by atoms with van der Waals surface area (Å²) in [5.74, 6) is -2.64. The Morgan fingerprint density at radius 1 is 1.41 bits per heavy atom. The summed E-state index contributed by atoms with van der Waals surface area (Å²) in [4.78, 5) is 37.3. The minimum atomic E-state index is -0.789. The van der Waals surface area contributed by atoms with Crippen LogP contribution in [-0.2, 0) is 19.1 Å². The molecule has 17 heavy (non-hydrogen) atoms. The standard InChI is InChI=1S/C12H19NO4/c1-7-5-9(14)8(6-13(2)3)11(15)10(7)12(16)17-4/h7-8,10H,5-6H2,1-4H3/t7-,8-,10+/m0/s1. The Morgan fingerprint density at radius 3 is 2.47 bits per heavy atom. The molecule has 0 radical (unpaired) electrons. The number of methoxy groups -OCH3 is 1. The minimum Gasteiger partial charge on any atom is -0.468 e. The van der Waals surface area contributed by atoms with Crippen molar-refractivity contribution >= 4 is 17.5 Å². The molecule has 0 amide bonds. The molecule has 0 aromatic carbocycles. The number of nitrogens with zero attached hydrogens (tertiary/aromatic N) is 1. The lowest BCUT2D eigenvalue weighted by atomic mass is 9.73. The fourth-order valence-corrected chi connectivity index (χ4v) is 2.27. The van der Waals surface area contributed by atoms with Crippen molar-refractivity contribution < 1.29 is 19.1 Å². The molecule has 0 heterocycles. The number of carbonyl (C=O) groups is 3. The molecule has 0 aliphatic heterocycles. The topological polar surface area (TPSA) is 63.7 Å². The average molecular weight is 241 g/mol. The summed E-state index contributed by atoms with van der Waals surface area (Å²) >= 11 is 0. The molecule has 1 aliphatic rings. The van der Waals surface area contributed by atoms with Crippen molar-refractivity contribution in [3.63, 3.8) is 0 Å². The van der Waals surface area contributed by atoms with E-state index < -0.39 is 17.8 Å². The number of ether oxygens (including phenoxy) is 1. The van der Waals surface area contributed by atoms with Gasteiger partial charge < -0.3 is 9.64 Å². The van der Waals surface area contributed by atoms with Gasteiger partial charge in [0, 0.05) is 13.0 Å². The zero-order valence-electron chi connectivity index (χ0n) is 10.7. The van der Waals surface area contributed by atoms with E-state index >= 15 is 0 Å². The number of ketones is 2. The van der Waals surface area contributed by atoms with Gasteiger partial charge in [-0.3, -0.25) is 14.4 Å². The van der Waals surface area contributed by atoms with E-state index in [1.807, 2.05) is 0 Å². The summed E-state index contributed by atoms with van der Waals surface area (Å²) < 4.78 is 4.63. The number of esters is 1. The SMILES string of the molecule is COC(=O)[C@H]1C(=O)[C@@H](CN(C)C)C(=O)C[C@@H]1C. The monoisotopic (exact) mass is 241 g/mol. The van der Waals surface area contributed by atoms with Gasteiger partial charge in [0.1, 0.15) is 11.7 Å². The maximum atomic E-state index is 12.1. The summed E-state index contributed by atoms with van der Waals surface area (Å²) in [6.45, 7) is 2.10. The van der Waals surface area contributed by atoms with Crippen LogP contribution in [0.1, 0.15) is 13.3 Å². The smallest absolute Gasteiger partial charge is 0.316 e. The Balaban J connectivity index is 2.91. The van der Waals surface area contributed by atoms with Crippen LogP contribution in [0.4, 0.5) is 0 Å². The predicted octanol–water partition coefficient (Wildman–Crippen LogP) is 0.131. The van der Waals surface area contributed by atoms with E-state index in [2.05, 4.69) is 4.74 Å². The molecular formula is C12H19NO4. The summed E-state index contributed by atoms with van der Waals surface area (Å²) in [7, 11) is 4.86. The molecule has 3 atom stereocenters. The molecule has 0 unspecified atom stereocenters. The van der Waals surface area contributed by atoms with E-state index in [0.717, 1.165) is 0 Å². The van der Waals surface area contributed by atoms with E-state index in [1.165, 1.54) is 7.11 Å². The van der Waals surface area contributed by atoms with Gasteiger partial charge in [0.2, 0.25) is 0 Å². The molecule has 1 fully saturated rings. The maximum Gasteiger partial charge on any atom is 0.316 e. The Hall–Kier alpha value is -1.23. The van der Waals surface area contributed by atoms with Crippen molar-refractivity contribution in [3.05, 3.63) is 0 Å². The first-order valence-electron chi connectivity index (χ1n) is 5.67. The Morgan fingerprint density at radius 2 is 2.00 bits per heavy atom. The third-order valence-corrected chi connectivity index (χ3v) is 3.13. The van der Waals surface area contributed by atoms with Gasteiger partial charge in [-0.15, -0.1) is 0 Å². The highest BCUT2D eigenvalue weighted by atomic mass is 16.5. The van der Waals surface area contributed by atoms with Crippen LogP contribution in [0.3, 0.4) is 0 Å². The lowest BCUT2D eigenvalue weighted by Gasteiger charge is -2.31. The largest absolute Gasteiger partial charge is 0.468 e. The Bertz CT molecular complexity index is 337. The summed E-state index contributed by atoms with van der Waals surface area (Å²) in [6, 6.07) is 0. The van der Waals surface area contributed by atoms with Gasteiger partial charge in [-0.1, -0.05) is 6.92 Å². The second-order valence-electron chi connectivity index (χ2n) is 4.87. The van der Waals surface area contributed by atoms with E-state index in [-0.39, 0.29) is 23.9 Å². The van der Waals surface area contributed by atoms with Crippen LogP contribution in [0.2, 0.25) is 0 Å². The van der Waals surface area contributed by atoms with Crippen LogP contribution < -0.4 is 0 Å². The van der Waals surface area contributed by atoms with Crippen molar-refractivity contribution in [3.8, 4) is 0 Å². The quantitative estimate of drug-likeness (QED) is 0.519. The van der Waals surface area contributed by atoms with Gasteiger partial charge in [-0.2, -0.15) is 0 Å². The fraction of sp³-hybridized carbons (Fsp3) is 0.750. The molecule has 0 aromatic rings. The Kier molecular flexibility index (Phi) is 4.40. The first kappa shape index (κ1) is 13.8. The Labute approximate surface area is 101 Å². The lowest BCUT2D eigenvalue weighted by Crippen LogP contribution is -2.47. The molecule has 0 aromatic heterocycles. The van der Waals surface area contributed by atoms with Crippen LogP contribution in [0.5, 0.6) is 0 Å². The van der Waals surface area contributed by atoms with Crippen LogP contribution in [0.25, 0.3) is 0 Å². The molecule has 0 spiro atoms. The van der Waals surface area contributed by atoms with E-state index in [1.54, 1.807) is 25.9 Å². The number of hydrogen-bond donors (Lipinski definition) is 0. The van der Waals surface area contributed by atoms with Crippen molar-refractivity contribution in [2.45, 2.75) is 13.3 Å². The van der Waals surface area contributed by atoms with Crippen molar-refractivity contribution in [2.75, 3.05) is 27.7 Å². The molecule has 1 rings (SSSR count).